The van der Waals surface area contributed by atoms with Crippen LogP contribution in [-0.2, 0) is 11.2 Å². The van der Waals surface area contributed by atoms with E-state index in [0.717, 1.165) is 20.1 Å². The van der Waals surface area contributed by atoms with Crippen LogP contribution in [0.4, 0.5) is 0 Å². The van der Waals surface area contributed by atoms with Crippen LogP contribution < -0.4 is 0 Å². The molecule has 4 heterocycles. The van der Waals surface area contributed by atoms with Crippen LogP contribution in [0.25, 0.3) is 9.88 Å². The van der Waals surface area contributed by atoms with Crippen LogP contribution in [-0.4, -0.2) is 57.8 Å². The molecule has 3 aromatic heterocycles. The van der Waals surface area contributed by atoms with Gasteiger partial charge in [0, 0.05) is 53.3 Å². The molecule has 6 nitrogen and oxygen atoms in total. The quantitative estimate of drug-likeness (QED) is 0.577. The predicted molar refractivity (Wildman–Crippen MR) is 114 cm³/mol. The van der Waals surface area contributed by atoms with Gasteiger partial charge in [-0.05, 0) is 34.1 Å². The molecular weight excluding hydrogens is 460 g/mol. The second-order valence-electron chi connectivity index (χ2n) is 6.34. The molecule has 1 saturated heterocycles. The molecule has 9 heteroatoms. The number of hydrogen-bond acceptors (Lipinski definition) is 6. The van der Waals surface area contributed by atoms with Gasteiger partial charge >= 0.3 is 0 Å². The summed E-state index contributed by atoms with van der Waals surface area (Å²) in [7, 11) is 0. The first-order chi connectivity index (χ1) is 13.6. The molecule has 0 aromatic carbocycles. The summed E-state index contributed by atoms with van der Waals surface area (Å²) in [4.78, 5) is 38.5. The number of amides is 2. The van der Waals surface area contributed by atoms with Gasteiger partial charge in [-0.15, -0.1) is 22.7 Å². The molecule has 0 N–H and O–H groups in total. The van der Waals surface area contributed by atoms with E-state index in [4.69, 9.17) is 0 Å². The number of thiophene rings is 1. The summed E-state index contributed by atoms with van der Waals surface area (Å²) < 4.78 is 1.02. The maximum absolute atomic E-state index is 12.8. The Kier molecular flexibility index (Phi) is 5.84. The molecule has 0 radical (unpaired) electrons. The summed E-state index contributed by atoms with van der Waals surface area (Å²) in [6, 6.07) is 7.57. The van der Waals surface area contributed by atoms with Crippen LogP contribution in [0.1, 0.15) is 16.2 Å². The molecule has 144 valence electrons. The van der Waals surface area contributed by atoms with Crippen LogP contribution in [0.5, 0.6) is 0 Å². The summed E-state index contributed by atoms with van der Waals surface area (Å²) in [5.74, 6) is -0.0278. The Morgan fingerprint density at radius 3 is 2.54 bits per heavy atom. The molecule has 0 spiro atoms. The van der Waals surface area contributed by atoms with Gasteiger partial charge in [0.2, 0.25) is 5.91 Å². The first-order valence-corrected chi connectivity index (χ1v) is 11.3. The highest BCUT2D eigenvalue weighted by atomic mass is 79.9. The number of thiazole rings is 1. The van der Waals surface area contributed by atoms with Crippen molar-refractivity contribution in [3.63, 3.8) is 0 Å². The van der Waals surface area contributed by atoms with Gasteiger partial charge in [0.1, 0.15) is 10.7 Å². The van der Waals surface area contributed by atoms with E-state index in [9.17, 15) is 9.59 Å². The van der Waals surface area contributed by atoms with Gasteiger partial charge in [0.25, 0.3) is 5.91 Å². The fourth-order valence-electron chi connectivity index (χ4n) is 3.00. The average Bonchev–Trinajstić information content (AvgIpc) is 3.37. The Morgan fingerprint density at radius 1 is 1.07 bits per heavy atom. The second-order valence-corrected chi connectivity index (χ2v) is 9.02. The zero-order chi connectivity index (χ0) is 19.5. The number of pyridine rings is 1. The minimum atomic E-state index is -0.0741. The minimum Gasteiger partial charge on any atom is -0.339 e. The smallest absolute Gasteiger partial charge is 0.273 e. The third kappa shape index (κ3) is 4.31. The van der Waals surface area contributed by atoms with E-state index in [2.05, 4.69) is 25.9 Å². The predicted octanol–water partition coefficient (Wildman–Crippen LogP) is 3.56. The van der Waals surface area contributed by atoms with Gasteiger partial charge in [-0.3, -0.25) is 14.6 Å². The molecular formula is C19H17BrN4O2S2. The summed E-state index contributed by atoms with van der Waals surface area (Å²) in [5, 5.41) is 4.66. The van der Waals surface area contributed by atoms with Gasteiger partial charge in [-0.25, -0.2) is 4.98 Å². The molecule has 1 aliphatic heterocycles. The van der Waals surface area contributed by atoms with Crippen molar-refractivity contribution >= 4 is 50.4 Å². The molecule has 1 fully saturated rings. The lowest BCUT2D eigenvalue weighted by molar-refractivity contribution is -0.132. The molecule has 2 amide bonds. The van der Waals surface area contributed by atoms with Crippen LogP contribution in [0.2, 0.25) is 0 Å². The van der Waals surface area contributed by atoms with Gasteiger partial charge in [0.05, 0.1) is 11.3 Å². The first-order valence-electron chi connectivity index (χ1n) is 8.77. The number of hydrogen-bond donors (Lipinski definition) is 0. The zero-order valence-electron chi connectivity index (χ0n) is 14.9. The van der Waals surface area contributed by atoms with Crippen molar-refractivity contribution in [3.05, 3.63) is 57.1 Å². The highest BCUT2D eigenvalue weighted by molar-refractivity contribution is 9.10. The maximum Gasteiger partial charge on any atom is 0.273 e. The highest BCUT2D eigenvalue weighted by Crippen LogP contribution is 2.32. The SMILES string of the molecule is O=C(Cc1ccccn1)N1CCN(C(=O)c2csc(-c3cc(Br)cs3)n2)CC1. The molecule has 0 saturated carbocycles. The van der Waals surface area contributed by atoms with Gasteiger partial charge in [0.15, 0.2) is 0 Å². The fourth-order valence-corrected chi connectivity index (χ4v) is 5.30. The van der Waals surface area contributed by atoms with Crippen LogP contribution >= 0.6 is 38.6 Å². The Balaban J connectivity index is 1.34. The van der Waals surface area contributed by atoms with E-state index in [1.165, 1.54) is 11.3 Å². The van der Waals surface area contributed by atoms with E-state index in [1.54, 1.807) is 27.3 Å². The van der Waals surface area contributed by atoms with Crippen molar-refractivity contribution in [2.75, 3.05) is 26.2 Å². The Bertz CT molecular complexity index is 981. The van der Waals surface area contributed by atoms with Crippen molar-refractivity contribution < 1.29 is 9.59 Å². The van der Waals surface area contributed by atoms with E-state index < -0.39 is 0 Å². The normalized spacial score (nSPS) is 14.3. The van der Waals surface area contributed by atoms with Gasteiger partial charge in [-0.1, -0.05) is 6.07 Å². The zero-order valence-corrected chi connectivity index (χ0v) is 18.1. The number of carbonyl (C=O) groups is 2. The van der Waals surface area contributed by atoms with E-state index in [0.29, 0.717) is 38.3 Å². The number of nitrogens with zero attached hydrogens (tertiary/aromatic N) is 4. The third-order valence-corrected chi connectivity index (χ3v) is 7.18. The van der Waals surface area contributed by atoms with Gasteiger partial charge < -0.3 is 9.80 Å². The lowest BCUT2D eigenvalue weighted by Gasteiger charge is -2.34. The van der Waals surface area contributed by atoms with E-state index in [1.807, 2.05) is 35.0 Å². The molecule has 0 unspecified atom stereocenters. The number of carbonyl (C=O) groups excluding carboxylic acids is 2. The Hall–Kier alpha value is -2.10. The lowest BCUT2D eigenvalue weighted by Crippen LogP contribution is -2.51. The highest BCUT2D eigenvalue weighted by Gasteiger charge is 2.26. The largest absolute Gasteiger partial charge is 0.339 e. The summed E-state index contributed by atoms with van der Waals surface area (Å²) in [5.41, 5.74) is 1.24. The van der Waals surface area contributed by atoms with Crippen molar-refractivity contribution in [1.82, 2.24) is 19.8 Å². The summed E-state index contributed by atoms with van der Waals surface area (Å²) in [6.45, 7) is 2.10. The molecule has 1 aliphatic rings. The summed E-state index contributed by atoms with van der Waals surface area (Å²) >= 11 is 6.51. The molecule has 3 aromatic rings. The Morgan fingerprint density at radius 2 is 1.86 bits per heavy atom. The van der Waals surface area contributed by atoms with E-state index in [-0.39, 0.29) is 11.8 Å². The fraction of sp³-hybridized carbons (Fsp3) is 0.263. The van der Waals surface area contributed by atoms with Crippen molar-refractivity contribution in [2.45, 2.75) is 6.42 Å². The molecule has 0 bridgehead atoms. The monoisotopic (exact) mass is 476 g/mol. The number of piperazine rings is 1. The van der Waals surface area contributed by atoms with Crippen molar-refractivity contribution in [3.8, 4) is 9.88 Å². The van der Waals surface area contributed by atoms with Crippen LogP contribution in [0.3, 0.4) is 0 Å². The number of rotatable bonds is 4. The van der Waals surface area contributed by atoms with Crippen LogP contribution in [0, 0.1) is 0 Å². The standard InChI is InChI=1S/C19H17BrN4O2S2/c20-13-9-16(27-11-13)18-22-15(12-28-18)19(26)24-7-5-23(6-8-24)17(25)10-14-3-1-2-4-21-14/h1-4,9,11-12H,5-8,10H2. The third-order valence-electron chi connectivity index (χ3n) is 4.48. The second kappa shape index (κ2) is 8.50. The first kappa shape index (κ1) is 19.2. The lowest BCUT2D eigenvalue weighted by atomic mass is 10.2. The number of aromatic nitrogens is 2. The Labute approximate surface area is 179 Å². The maximum atomic E-state index is 12.8. The number of halogens is 1. The topological polar surface area (TPSA) is 66.4 Å². The minimum absolute atomic E-state index is 0.0463. The summed E-state index contributed by atoms with van der Waals surface area (Å²) in [6.07, 6.45) is 1.98. The van der Waals surface area contributed by atoms with Crippen molar-refractivity contribution in [1.29, 1.82) is 0 Å². The average molecular weight is 477 g/mol. The van der Waals surface area contributed by atoms with Crippen LogP contribution in [0.15, 0.2) is 45.7 Å². The van der Waals surface area contributed by atoms with E-state index >= 15 is 0 Å². The molecule has 28 heavy (non-hydrogen) atoms. The van der Waals surface area contributed by atoms with Crippen molar-refractivity contribution in [2.24, 2.45) is 0 Å². The van der Waals surface area contributed by atoms with Gasteiger partial charge in [-0.2, -0.15) is 0 Å². The molecule has 0 aliphatic carbocycles. The molecule has 4 rings (SSSR count). The molecule has 0 atom stereocenters.